The van der Waals surface area contributed by atoms with Gasteiger partial charge in [0.1, 0.15) is 11.3 Å². The van der Waals surface area contributed by atoms with Gasteiger partial charge in [0.05, 0.1) is 11.6 Å². The number of phenolic OH excluding ortho intramolecular Hbond substituents is 1. The van der Waals surface area contributed by atoms with Crippen molar-refractivity contribution in [3.63, 3.8) is 0 Å². The molecule has 0 radical (unpaired) electrons. The van der Waals surface area contributed by atoms with Gasteiger partial charge in [0.25, 0.3) is 0 Å². The first-order valence-electron chi connectivity index (χ1n) is 4.39. The fourth-order valence-corrected chi connectivity index (χ4v) is 1.52. The molecule has 1 aromatic carbocycles. The maximum absolute atomic E-state index is 9.63. The van der Waals surface area contributed by atoms with E-state index in [9.17, 15) is 5.11 Å². The molecule has 1 N–H and O–H groups in total. The summed E-state index contributed by atoms with van der Waals surface area (Å²) in [6, 6.07) is 5.33. The van der Waals surface area contributed by atoms with E-state index in [1.165, 1.54) is 0 Å². The molecule has 2 rings (SSSR count). The van der Waals surface area contributed by atoms with Gasteiger partial charge >= 0.3 is 0 Å². The number of phenols is 1. The van der Waals surface area contributed by atoms with Crippen LogP contribution in [-0.4, -0.2) is 5.11 Å². The second-order valence-corrected chi connectivity index (χ2v) is 3.50. The van der Waals surface area contributed by atoms with Crippen molar-refractivity contribution in [2.24, 2.45) is 0 Å². The minimum Gasteiger partial charge on any atom is -0.507 e. The molecule has 0 amide bonds. The average molecular weight is 176 g/mol. The Hall–Kier alpha value is -1.44. The fourth-order valence-electron chi connectivity index (χ4n) is 1.52. The largest absolute Gasteiger partial charge is 0.507 e. The Morgan fingerprint density at radius 1 is 1.31 bits per heavy atom. The van der Waals surface area contributed by atoms with Gasteiger partial charge in [-0.3, -0.25) is 0 Å². The minimum absolute atomic E-state index is 0.301. The van der Waals surface area contributed by atoms with Gasteiger partial charge in [-0.15, -0.1) is 0 Å². The van der Waals surface area contributed by atoms with Crippen LogP contribution in [0.3, 0.4) is 0 Å². The van der Waals surface area contributed by atoms with Crippen molar-refractivity contribution in [1.82, 2.24) is 0 Å². The van der Waals surface area contributed by atoms with Gasteiger partial charge in [-0.2, -0.15) is 0 Å². The van der Waals surface area contributed by atoms with Gasteiger partial charge in [0, 0.05) is 5.56 Å². The summed E-state index contributed by atoms with van der Waals surface area (Å²) >= 11 is 0. The highest BCUT2D eigenvalue weighted by Crippen LogP contribution is 2.33. The summed E-state index contributed by atoms with van der Waals surface area (Å²) in [5, 5.41) is 10.5. The van der Waals surface area contributed by atoms with Crippen molar-refractivity contribution in [3.8, 4) is 5.75 Å². The molecule has 2 nitrogen and oxygen atoms in total. The molecule has 1 heterocycles. The third kappa shape index (κ3) is 1.18. The molecule has 0 aliphatic carbocycles. The van der Waals surface area contributed by atoms with Crippen LogP contribution in [0.25, 0.3) is 11.0 Å². The third-order valence-electron chi connectivity index (χ3n) is 2.23. The standard InChI is InChI=1S/C11H12O2/c1-7(2)8-6-13-10-5-3-4-9(12)11(8)10/h3-7,12H,1-2H3. The summed E-state index contributed by atoms with van der Waals surface area (Å²) in [4.78, 5) is 0. The molecular formula is C11H12O2. The van der Waals surface area contributed by atoms with E-state index >= 15 is 0 Å². The Labute approximate surface area is 76.8 Å². The number of benzene rings is 1. The quantitative estimate of drug-likeness (QED) is 0.723. The molecule has 0 atom stereocenters. The first kappa shape index (κ1) is 8.17. The lowest BCUT2D eigenvalue weighted by Crippen LogP contribution is -1.83. The zero-order valence-corrected chi connectivity index (χ0v) is 7.74. The second kappa shape index (κ2) is 2.80. The average Bonchev–Trinajstić information content (AvgIpc) is 2.49. The number of hydrogen-bond acceptors (Lipinski definition) is 2. The van der Waals surface area contributed by atoms with E-state index in [2.05, 4.69) is 13.8 Å². The number of hydrogen-bond donors (Lipinski definition) is 1. The molecule has 13 heavy (non-hydrogen) atoms. The van der Waals surface area contributed by atoms with Crippen molar-refractivity contribution in [2.45, 2.75) is 19.8 Å². The van der Waals surface area contributed by atoms with Gasteiger partial charge in [0.2, 0.25) is 0 Å². The second-order valence-electron chi connectivity index (χ2n) is 3.50. The van der Waals surface area contributed by atoms with Crippen LogP contribution in [0.5, 0.6) is 5.75 Å². The van der Waals surface area contributed by atoms with Crippen LogP contribution in [0.2, 0.25) is 0 Å². The Balaban J connectivity index is 2.79. The van der Waals surface area contributed by atoms with Gasteiger partial charge in [0.15, 0.2) is 0 Å². The fraction of sp³-hybridized carbons (Fsp3) is 0.273. The van der Waals surface area contributed by atoms with E-state index in [-0.39, 0.29) is 0 Å². The molecule has 0 aliphatic rings. The highest BCUT2D eigenvalue weighted by atomic mass is 16.3. The summed E-state index contributed by atoms with van der Waals surface area (Å²) in [6.07, 6.45) is 1.72. The molecule has 0 spiro atoms. The van der Waals surface area contributed by atoms with Gasteiger partial charge in [-0.1, -0.05) is 19.9 Å². The van der Waals surface area contributed by atoms with Crippen LogP contribution < -0.4 is 0 Å². The lowest BCUT2D eigenvalue weighted by molar-refractivity contribution is 0.481. The molecule has 0 saturated carbocycles. The highest BCUT2D eigenvalue weighted by Gasteiger charge is 2.11. The topological polar surface area (TPSA) is 33.4 Å². The summed E-state index contributed by atoms with van der Waals surface area (Å²) in [7, 11) is 0. The lowest BCUT2D eigenvalue weighted by atomic mass is 10.0. The Morgan fingerprint density at radius 3 is 2.77 bits per heavy atom. The van der Waals surface area contributed by atoms with E-state index < -0.39 is 0 Å². The minimum atomic E-state index is 0.301. The van der Waals surface area contributed by atoms with Crippen molar-refractivity contribution >= 4 is 11.0 Å². The van der Waals surface area contributed by atoms with Crippen LogP contribution in [0.1, 0.15) is 25.3 Å². The van der Waals surface area contributed by atoms with Gasteiger partial charge in [-0.05, 0) is 18.1 Å². The van der Waals surface area contributed by atoms with E-state index in [4.69, 9.17) is 4.42 Å². The molecule has 0 fully saturated rings. The SMILES string of the molecule is CC(C)c1coc2cccc(O)c12. The molecular weight excluding hydrogens is 164 g/mol. The van der Waals surface area contributed by atoms with Crippen molar-refractivity contribution in [2.75, 3.05) is 0 Å². The molecule has 0 unspecified atom stereocenters. The summed E-state index contributed by atoms with van der Waals surface area (Å²) < 4.78 is 5.33. The van der Waals surface area contributed by atoms with Crippen molar-refractivity contribution < 1.29 is 9.52 Å². The van der Waals surface area contributed by atoms with E-state index in [1.807, 2.05) is 6.07 Å². The number of furan rings is 1. The van der Waals surface area contributed by atoms with Crippen molar-refractivity contribution in [1.29, 1.82) is 0 Å². The molecule has 68 valence electrons. The monoisotopic (exact) mass is 176 g/mol. The Morgan fingerprint density at radius 2 is 2.08 bits per heavy atom. The maximum Gasteiger partial charge on any atom is 0.137 e. The van der Waals surface area contributed by atoms with Crippen molar-refractivity contribution in [3.05, 3.63) is 30.0 Å². The summed E-state index contributed by atoms with van der Waals surface area (Å²) in [5.74, 6) is 0.671. The molecule has 2 heteroatoms. The first-order valence-corrected chi connectivity index (χ1v) is 4.39. The van der Waals surface area contributed by atoms with Crippen LogP contribution in [-0.2, 0) is 0 Å². The molecule has 2 aromatic rings. The zero-order valence-electron chi connectivity index (χ0n) is 7.74. The molecule has 0 aliphatic heterocycles. The third-order valence-corrected chi connectivity index (χ3v) is 2.23. The van der Waals surface area contributed by atoms with Gasteiger partial charge in [-0.25, -0.2) is 0 Å². The smallest absolute Gasteiger partial charge is 0.137 e. The predicted molar refractivity (Wildman–Crippen MR) is 52.0 cm³/mol. The van der Waals surface area contributed by atoms with Crippen LogP contribution in [0, 0.1) is 0 Å². The molecule has 0 saturated heterocycles. The lowest BCUT2D eigenvalue weighted by Gasteiger charge is -2.01. The highest BCUT2D eigenvalue weighted by molar-refractivity contribution is 5.87. The molecule has 0 bridgehead atoms. The summed E-state index contributed by atoms with van der Waals surface area (Å²) in [6.45, 7) is 4.16. The maximum atomic E-state index is 9.63. The Kier molecular flexibility index (Phi) is 1.76. The van der Waals surface area contributed by atoms with Crippen LogP contribution in [0.4, 0.5) is 0 Å². The molecule has 1 aromatic heterocycles. The predicted octanol–water partition coefficient (Wildman–Crippen LogP) is 3.26. The van der Waals surface area contributed by atoms with Crippen LogP contribution in [0.15, 0.2) is 28.9 Å². The Bertz CT molecular complexity index is 427. The van der Waals surface area contributed by atoms with Crippen LogP contribution >= 0.6 is 0 Å². The summed E-state index contributed by atoms with van der Waals surface area (Å²) in [5.41, 5.74) is 1.82. The van der Waals surface area contributed by atoms with E-state index in [0.29, 0.717) is 11.7 Å². The first-order chi connectivity index (χ1) is 6.20. The van der Waals surface area contributed by atoms with E-state index in [0.717, 1.165) is 16.5 Å². The number of aromatic hydroxyl groups is 1. The zero-order chi connectivity index (χ0) is 9.42. The normalized spacial score (nSPS) is 11.3. The number of fused-ring (bicyclic) bond motifs is 1. The van der Waals surface area contributed by atoms with E-state index in [1.54, 1.807) is 18.4 Å². The number of rotatable bonds is 1. The van der Waals surface area contributed by atoms with Gasteiger partial charge < -0.3 is 9.52 Å².